The van der Waals surface area contributed by atoms with Gasteiger partial charge in [-0.05, 0) is 6.92 Å². The van der Waals surface area contributed by atoms with Crippen LogP contribution < -0.4 is 10.1 Å². The molecule has 24 heavy (non-hydrogen) atoms. The Kier molecular flexibility index (Phi) is 6.89. The molecule has 0 aliphatic heterocycles. The predicted octanol–water partition coefficient (Wildman–Crippen LogP) is 0.437. The number of hydrogen-bond acceptors (Lipinski definition) is 8. The molecule has 1 aromatic rings. The standard InChI is InChI=1S/C12H18F3N3O5S/c1-7(5-22-2)23-11-17-8(4-9(18-11)24(3,20)21)10(19)16-6-12(13,14)15/h4,7,10,16,19H,5-6H2,1-3H3/t7-,10?/m1/s1. The fourth-order valence-corrected chi connectivity index (χ4v) is 2.15. The van der Waals surface area contributed by atoms with Gasteiger partial charge in [-0.15, -0.1) is 0 Å². The van der Waals surface area contributed by atoms with Gasteiger partial charge in [0.25, 0.3) is 0 Å². The van der Waals surface area contributed by atoms with E-state index in [-0.39, 0.29) is 12.3 Å². The van der Waals surface area contributed by atoms with E-state index in [2.05, 4.69) is 9.97 Å². The molecule has 0 amide bonds. The number of aliphatic hydroxyl groups is 1. The van der Waals surface area contributed by atoms with Gasteiger partial charge >= 0.3 is 12.2 Å². The van der Waals surface area contributed by atoms with E-state index in [1.54, 1.807) is 12.2 Å². The van der Waals surface area contributed by atoms with Crippen LogP contribution in [0.5, 0.6) is 6.01 Å². The van der Waals surface area contributed by atoms with Crippen molar-refractivity contribution in [1.82, 2.24) is 15.3 Å². The van der Waals surface area contributed by atoms with Crippen LogP contribution in [0.15, 0.2) is 11.1 Å². The lowest BCUT2D eigenvalue weighted by Crippen LogP contribution is -2.32. The topological polar surface area (TPSA) is 111 Å². The minimum atomic E-state index is -4.56. The number of hydrogen-bond donors (Lipinski definition) is 2. The highest BCUT2D eigenvalue weighted by Gasteiger charge is 2.29. The Morgan fingerprint density at radius 2 is 2.00 bits per heavy atom. The molecule has 0 bridgehead atoms. The molecule has 12 heteroatoms. The lowest BCUT2D eigenvalue weighted by atomic mass is 10.3. The maximum absolute atomic E-state index is 12.2. The molecule has 138 valence electrons. The summed E-state index contributed by atoms with van der Waals surface area (Å²) in [4.78, 5) is 7.42. The number of aliphatic hydroxyl groups excluding tert-OH is 1. The van der Waals surface area contributed by atoms with Gasteiger partial charge in [-0.25, -0.2) is 8.42 Å². The lowest BCUT2D eigenvalue weighted by Gasteiger charge is -2.17. The number of rotatable bonds is 8. The van der Waals surface area contributed by atoms with Gasteiger partial charge < -0.3 is 14.6 Å². The van der Waals surface area contributed by atoms with Crippen LogP contribution >= 0.6 is 0 Å². The van der Waals surface area contributed by atoms with Crippen molar-refractivity contribution in [3.63, 3.8) is 0 Å². The SMILES string of the molecule is COC[C@@H](C)Oc1nc(C(O)NCC(F)(F)F)cc(S(C)(=O)=O)n1. The molecular weight excluding hydrogens is 355 g/mol. The molecule has 0 saturated carbocycles. The average molecular weight is 373 g/mol. The van der Waals surface area contributed by atoms with Gasteiger partial charge in [-0.3, -0.25) is 5.32 Å². The van der Waals surface area contributed by atoms with Crippen LogP contribution in [0.3, 0.4) is 0 Å². The Balaban J connectivity index is 3.10. The van der Waals surface area contributed by atoms with Crippen molar-refractivity contribution >= 4 is 9.84 Å². The van der Waals surface area contributed by atoms with Crippen molar-refractivity contribution in [1.29, 1.82) is 0 Å². The third-order valence-electron chi connectivity index (χ3n) is 2.57. The minimum absolute atomic E-state index is 0.149. The summed E-state index contributed by atoms with van der Waals surface area (Å²) >= 11 is 0. The van der Waals surface area contributed by atoms with E-state index in [0.717, 1.165) is 12.3 Å². The highest BCUT2D eigenvalue weighted by molar-refractivity contribution is 7.90. The summed E-state index contributed by atoms with van der Waals surface area (Å²) in [5.41, 5.74) is -0.366. The molecule has 0 aromatic carbocycles. The molecule has 0 aliphatic rings. The van der Waals surface area contributed by atoms with E-state index < -0.39 is 45.9 Å². The highest BCUT2D eigenvalue weighted by atomic mass is 32.2. The number of ether oxygens (including phenoxy) is 2. The van der Waals surface area contributed by atoms with Gasteiger partial charge in [0.15, 0.2) is 14.9 Å². The Hall–Kier alpha value is -1.50. The van der Waals surface area contributed by atoms with E-state index in [4.69, 9.17) is 9.47 Å². The maximum Gasteiger partial charge on any atom is 0.401 e. The summed E-state index contributed by atoms with van der Waals surface area (Å²) in [6.45, 7) is 0.261. The largest absolute Gasteiger partial charge is 0.458 e. The van der Waals surface area contributed by atoms with Crippen LogP contribution in [-0.2, 0) is 14.6 Å². The second kappa shape index (κ2) is 8.05. The van der Waals surface area contributed by atoms with Crippen LogP contribution in [0.25, 0.3) is 0 Å². The molecule has 1 unspecified atom stereocenters. The summed E-state index contributed by atoms with van der Waals surface area (Å²) in [5, 5.41) is 11.1. The first-order valence-corrected chi connectivity index (χ1v) is 8.54. The van der Waals surface area contributed by atoms with E-state index in [9.17, 15) is 26.7 Å². The number of halogens is 3. The highest BCUT2D eigenvalue weighted by Crippen LogP contribution is 2.19. The van der Waals surface area contributed by atoms with Gasteiger partial charge in [-0.2, -0.15) is 23.1 Å². The molecule has 8 nitrogen and oxygen atoms in total. The van der Waals surface area contributed by atoms with Gasteiger partial charge in [-0.1, -0.05) is 0 Å². The van der Waals surface area contributed by atoms with Crippen molar-refractivity contribution in [2.45, 2.75) is 30.5 Å². The van der Waals surface area contributed by atoms with Gasteiger partial charge in [0.1, 0.15) is 12.3 Å². The third kappa shape index (κ3) is 6.95. The fourth-order valence-electron chi connectivity index (χ4n) is 1.57. The Morgan fingerprint density at radius 1 is 1.38 bits per heavy atom. The molecular formula is C12H18F3N3O5S. The second-order valence-corrected chi connectivity index (χ2v) is 6.93. The van der Waals surface area contributed by atoms with Crippen LogP contribution in [0.2, 0.25) is 0 Å². The number of aromatic nitrogens is 2. The van der Waals surface area contributed by atoms with Gasteiger partial charge in [0.05, 0.1) is 18.8 Å². The maximum atomic E-state index is 12.2. The molecule has 0 fully saturated rings. The number of sulfone groups is 1. The van der Waals surface area contributed by atoms with E-state index in [1.807, 2.05) is 0 Å². The predicted molar refractivity (Wildman–Crippen MR) is 76.1 cm³/mol. The molecule has 0 saturated heterocycles. The summed E-state index contributed by atoms with van der Waals surface area (Å²) in [6, 6.07) is 0.474. The summed E-state index contributed by atoms with van der Waals surface area (Å²) in [7, 11) is -2.38. The molecule has 1 rings (SSSR count). The van der Waals surface area contributed by atoms with Crippen molar-refractivity contribution < 1.29 is 36.2 Å². The molecule has 0 radical (unpaired) electrons. The lowest BCUT2D eigenvalue weighted by molar-refractivity contribution is -0.131. The second-order valence-electron chi connectivity index (χ2n) is 4.97. The molecule has 1 aromatic heterocycles. The molecule has 0 spiro atoms. The number of nitrogens with one attached hydrogen (secondary N) is 1. The van der Waals surface area contributed by atoms with Gasteiger partial charge in [0, 0.05) is 19.4 Å². The zero-order valence-corrected chi connectivity index (χ0v) is 14.0. The monoisotopic (exact) mass is 373 g/mol. The van der Waals surface area contributed by atoms with Crippen molar-refractivity contribution in [3.8, 4) is 6.01 Å². The molecule has 0 aliphatic carbocycles. The quantitative estimate of drug-likeness (QED) is 0.499. The number of alkyl halides is 3. The number of methoxy groups -OCH3 is 1. The van der Waals surface area contributed by atoms with E-state index in [0.29, 0.717) is 0 Å². The Labute approximate surface area is 136 Å². The minimum Gasteiger partial charge on any atom is -0.458 e. The van der Waals surface area contributed by atoms with Gasteiger partial charge in [0.2, 0.25) is 0 Å². The summed E-state index contributed by atoms with van der Waals surface area (Å²) in [5.74, 6) is 0. The van der Waals surface area contributed by atoms with Crippen LogP contribution in [0.1, 0.15) is 18.8 Å². The van der Waals surface area contributed by atoms with Crippen molar-refractivity contribution in [2.24, 2.45) is 0 Å². The summed E-state index contributed by atoms with van der Waals surface area (Å²) < 4.78 is 70.0. The van der Waals surface area contributed by atoms with Crippen LogP contribution in [0.4, 0.5) is 13.2 Å². The molecule has 1 heterocycles. The first kappa shape index (κ1) is 20.5. The molecule has 2 N–H and O–H groups in total. The first-order valence-electron chi connectivity index (χ1n) is 6.65. The summed E-state index contributed by atoms with van der Waals surface area (Å²) in [6.07, 6.45) is -6.09. The van der Waals surface area contributed by atoms with Crippen LogP contribution in [-0.4, -0.2) is 62.3 Å². The smallest absolute Gasteiger partial charge is 0.401 e. The van der Waals surface area contributed by atoms with E-state index >= 15 is 0 Å². The fraction of sp³-hybridized carbons (Fsp3) is 0.667. The first-order chi connectivity index (χ1) is 10.9. The Morgan fingerprint density at radius 3 is 2.50 bits per heavy atom. The number of nitrogens with zero attached hydrogens (tertiary/aromatic N) is 2. The van der Waals surface area contributed by atoms with Crippen molar-refractivity contribution in [3.05, 3.63) is 11.8 Å². The Bertz CT molecular complexity index is 654. The molecule has 2 atom stereocenters. The third-order valence-corrected chi connectivity index (χ3v) is 3.53. The van der Waals surface area contributed by atoms with E-state index in [1.165, 1.54) is 7.11 Å². The average Bonchev–Trinajstić information content (AvgIpc) is 2.42. The zero-order chi connectivity index (χ0) is 18.5. The van der Waals surface area contributed by atoms with Crippen LogP contribution in [0, 0.1) is 0 Å². The normalized spacial score (nSPS) is 15.1. The van der Waals surface area contributed by atoms with Crippen molar-refractivity contribution in [2.75, 3.05) is 26.5 Å². The zero-order valence-electron chi connectivity index (χ0n) is 13.2.